The number of nitriles is 1. The van der Waals surface area contributed by atoms with Crippen LogP contribution in [0.25, 0.3) is 0 Å². The van der Waals surface area contributed by atoms with Crippen LogP contribution < -0.4 is 5.32 Å². The molecule has 0 aliphatic rings. The third kappa shape index (κ3) is 2.67. The van der Waals surface area contributed by atoms with E-state index in [9.17, 15) is 4.39 Å². The van der Waals surface area contributed by atoms with E-state index < -0.39 is 0 Å². The summed E-state index contributed by atoms with van der Waals surface area (Å²) in [4.78, 5) is 0. The predicted octanol–water partition coefficient (Wildman–Crippen LogP) is 3.62. The van der Waals surface area contributed by atoms with Crippen LogP contribution in [0.4, 0.5) is 10.1 Å². The van der Waals surface area contributed by atoms with Crippen LogP contribution in [0.5, 0.6) is 0 Å². The van der Waals surface area contributed by atoms with Gasteiger partial charge in [0.25, 0.3) is 0 Å². The Morgan fingerprint density at radius 3 is 2.56 bits per heavy atom. The molecular formula is C15H13FN2. The third-order valence-corrected chi connectivity index (χ3v) is 2.76. The van der Waals surface area contributed by atoms with Gasteiger partial charge in [-0.1, -0.05) is 24.3 Å². The van der Waals surface area contributed by atoms with Gasteiger partial charge in [-0.2, -0.15) is 5.26 Å². The first kappa shape index (κ1) is 12.1. The van der Waals surface area contributed by atoms with Crippen molar-refractivity contribution in [3.8, 4) is 6.07 Å². The summed E-state index contributed by atoms with van der Waals surface area (Å²) in [5.41, 5.74) is 2.76. The van der Waals surface area contributed by atoms with Gasteiger partial charge in [-0.05, 0) is 36.2 Å². The minimum absolute atomic E-state index is 0.217. The van der Waals surface area contributed by atoms with E-state index in [-0.39, 0.29) is 5.82 Å². The molecule has 2 nitrogen and oxygen atoms in total. The summed E-state index contributed by atoms with van der Waals surface area (Å²) in [6.07, 6.45) is 0. The van der Waals surface area contributed by atoms with Crippen molar-refractivity contribution in [1.29, 1.82) is 5.26 Å². The Morgan fingerprint density at radius 1 is 1.17 bits per heavy atom. The van der Waals surface area contributed by atoms with Crippen LogP contribution in [0.1, 0.15) is 16.7 Å². The molecule has 0 saturated heterocycles. The van der Waals surface area contributed by atoms with Crippen molar-refractivity contribution in [2.75, 3.05) is 5.32 Å². The van der Waals surface area contributed by atoms with Gasteiger partial charge in [0.2, 0.25) is 0 Å². The lowest BCUT2D eigenvalue weighted by atomic mass is 10.1. The molecule has 0 fully saturated rings. The number of rotatable bonds is 3. The van der Waals surface area contributed by atoms with Crippen LogP contribution in [0.3, 0.4) is 0 Å². The maximum atomic E-state index is 13.7. The number of hydrogen-bond acceptors (Lipinski definition) is 2. The second-order valence-corrected chi connectivity index (χ2v) is 4.10. The van der Waals surface area contributed by atoms with Crippen molar-refractivity contribution in [3.05, 3.63) is 65.0 Å². The van der Waals surface area contributed by atoms with Gasteiger partial charge < -0.3 is 5.32 Å². The Bertz CT molecular complexity index is 582. The molecule has 0 radical (unpaired) electrons. The Hall–Kier alpha value is -2.34. The zero-order valence-electron chi connectivity index (χ0n) is 10.1. The van der Waals surface area contributed by atoms with Crippen molar-refractivity contribution in [2.45, 2.75) is 13.5 Å². The minimum atomic E-state index is -0.217. The largest absolute Gasteiger partial charge is 0.379 e. The average Bonchev–Trinajstić information content (AvgIpc) is 2.41. The predicted molar refractivity (Wildman–Crippen MR) is 69.6 cm³/mol. The molecule has 2 rings (SSSR count). The van der Waals surface area contributed by atoms with E-state index >= 15 is 0 Å². The molecule has 2 aromatic rings. The van der Waals surface area contributed by atoms with Crippen molar-refractivity contribution >= 4 is 5.69 Å². The lowest BCUT2D eigenvalue weighted by Crippen LogP contribution is -2.02. The number of halogens is 1. The monoisotopic (exact) mass is 240 g/mol. The standard InChI is InChI=1S/C15H13FN2/c1-11-3-2-4-14(15(11)16)18-10-13-7-5-12(9-17)6-8-13/h2-8,18H,10H2,1H3. The molecule has 2 aromatic carbocycles. The molecule has 18 heavy (non-hydrogen) atoms. The van der Waals surface area contributed by atoms with Gasteiger partial charge in [-0.15, -0.1) is 0 Å². The fourth-order valence-corrected chi connectivity index (χ4v) is 1.68. The van der Waals surface area contributed by atoms with Gasteiger partial charge in [0.05, 0.1) is 17.3 Å². The van der Waals surface area contributed by atoms with Crippen molar-refractivity contribution < 1.29 is 4.39 Å². The summed E-state index contributed by atoms with van der Waals surface area (Å²) >= 11 is 0. The van der Waals surface area contributed by atoms with E-state index in [2.05, 4.69) is 11.4 Å². The molecule has 0 bridgehead atoms. The topological polar surface area (TPSA) is 35.8 Å². The number of benzene rings is 2. The summed E-state index contributed by atoms with van der Waals surface area (Å²) in [6, 6.07) is 14.6. The molecule has 0 unspecified atom stereocenters. The highest BCUT2D eigenvalue weighted by molar-refractivity contribution is 5.48. The van der Waals surface area contributed by atoms with Crippen LogP contribution in [0, 0.1) is 24.1 Å². The fraction of sp³-hybridized carbons (Fsp3) is 0.133. The first-order valence-electron chi connectivity index (χ1n) is 5.69. The quantitative estimate of drug-likeness (QED) is 0.889. The first-order valence-corrected chi connectivity index (χ1v) is 5.69. The molecule has 90 valence electrons. The molecule has 0 amide bonds. The SMILES string of the molecule is Cc1cccc(NCc2ccc(C#N)cc2)c1F. The van der Waals surface area contributed by atoms with E-state index in [0.717, 1.165) is 5.56 Å². The van der Waals surface area contributed by atoms with Crippen LogP contribution in [-0.4, -0.2) is 0 Å². The van der Waals surface area contributed by atoms with Gasteiger partial charge in [0, 0.05) is 6.54 Å². The summed E-state index contributed by atoms with van der Waals surface area (Å²) in [6.45, 7) is 2.27. The third-order valence-electron chi connectivity index (χ3n) is 2.76. The molecule has 0 heterocycles. The summed E-state index contributed by atoms with van der Waals surface area (Å²) in [7, 11) is 0. The lowest BCUT2D eigenvalue weighted by Gasteiger charge is -2.09. The highest BCUT2D eigenvalue weighted by Crippen LogP contribution is 2.18. The lowest BCUT2D eigenvalue weighted by molar-refractivity contribution is 0.621. The van der Waals surface area contributed by atoms with E-state index in [4.69, 9.17) is 5.26 Å². The second-order valence-electron chi connectivity index (χ2n) is 4.10. The van der Waals surface area contributed by atoms with E-state index in [1.54, 1.807) is 31.2 Å². The van der Waals surface area contributed by atoms with Gasteiger partial charge in [0.1, 0.15) is 5.82 Å². The zero-order chi connectivity index (χ0) is 13.0. The number of hydrogen-bond donors (Lipinski definition) is 1. The highest BCUT2D eigenvalue weighted by Gasteiger charge is 2.03. The first-order chi connectivity index (χ1) is 8.70. The Morgan fingerprint density at radius 2 is 1.89 bits per heavy atom. The summed E-state index contributed by atoms with van der Waals surface area (Å²) in [5.74, 6) is -0.217. The molecule has 0 spiro atoms. The van der Waals surface area contributed by atoms with Crippen LogP contribution in [-0.2, 0) is 6.54 Å². The van der Waals surface area contributed by atoms with Crippen LogP contribution in [0.2, 0.25) is 0 Å². The molecule has 0 atom stereocenters. The Balaban J connectivity index is 2.07. The smallest absolute Gasteiger partial charge is 0.149 e. The van der Waals surface area contributed by atoms with E-state index in [0.29, 0.717) is 23.4 Å². The van der Waals surface area contributed by atoms with Crippen LogP contribution >= 0.6 is 0 Å². The molecule has 0 aliphatic heterocycles. The summed E-state index contributed by atoms with van der Waals surface area (Å²) < 4.78 is 13.7. The number of nitrogens with one attached hydrogen (secondary N) is 1. The second kappa shape index (κ2) is 5.33. The summed E-state index contributed by atoms with van der Waals surface area (Å²) in [5, 5.41) is 11.7. The van der Waals surface area contributed by atoms with Gasteiger partial charge in [0.15, 0.2) is 0 Å². The zero-order valence-corrected chi connectivity index (χ0v) is 10.1. The molecular weight excluding hydrogens is 227 g/mol. The molecule has 1 N–H and O–H groups in total. The number of anilines is 1. The van der Waals surface area contributed by atoms with E-state index in [1.165, 1.54) is 0 Å². The Labute approximate surface area is 106 Å². The maximum absolute atomic E-state index is 13.7. The molecule has 3 heteroatoms. The van der Waals surface area contributed by atoms with Crippen molar-refractivity contribution in [1.82, 2.24) is 0 Å². The molecule has 0 aromatic heterocycles. The van der Waals surface area contributed by atoms with Crippen LogP contribution in [0.15, 0.2) is 42.5 Å². The number of aryl methyl sites for hydroxylation is 1. The highest BCUT2D eigenvalue weighted by atomic mass is 19.1. The average molecular weight is 240 g/mol. The van der Waals surface area contributed by atoms with Crippen molar-refractivity contribution in [2.24, 2.45) is 0 Å². The van der Waals surface area contributed by atoms with Gasteiger partial charge >= 0.3 is 0 Å². The Kier molecular flexibility index (Phi) is 3.59. The van der Waals surface area contributed by atoms with Crippen molar-refractivity contribution in [3.63, 3.8) is 0 Å². The van der Waals surface area contributed by atoms with E-state index in [1.807, 2.05) is 18.2 Å². The van der Waals surface area contributed by atoms with Gasteiger partial charge in [-0.25, -0.2) is 4.39 Å². The normalized spacial score (nSPS) is 9.83. The maximum Gasteiger partial charge on any atom is 0.149 e. The minimum Gasteiger partial charge on any atom is -0.379 e. The fourth-order valence-electron chi connectivity index (χ4n) is 1.68. The molecule has 0 aliphatic carbocycles. The molecule has 0 saturated carbocycles. The van der Waals surface area contributed by atoms with Gasteiger partial charge in [-0.3, -0.25) is 0 Å². The number of nitrogens with zero attached hydrogens (tertiary/aromatic N) is 1.